The first-order valence-corrected chi connectivity index (χ1v) is 6.46. The van der Waals surface area contributed by atoms with Crippen molar-refractivity contribution >= 4 is 11.6 Å². The van der Waals surface area contributed by atoms with E-state index < -0.39 is 6.10 Å². The number of amides is 1. The molecule has 1 unspecified atom stereocenters. The quantitative estimate of drug-likeness (QED) is 0.749. The summed E-state index contributed by atoms with van der Waals surface area (Å²) in [5.41, 5.74) is 6.80. The Morgan fingerprint density at radius 1 is 1.10 bits per heavy atom. The number of carbonyl (C=O) groups is 1. The van der Waals surface area contributed by atoms with Crippen molar-refractivity contribution in [3.05, 3.63) is 66.2 Å². The van der Waals surface area contributed by atoms with Crippen molar-refractivity contribution in [2.24, 2.45) is 0 Å². The predicted molar refractivity (Wildman–Crippen MR) is 80.9 cm³/mol. The Morgan fingerprint density at radius 3 is 2.00 bits per heavy atom. The van der Waals surface area contributed by atoms with Crippen LogP contribution in [0.3, 0.4) is 0 Å². The average Bonchev–Trinajstić information content (AvgIpc) is 2.49. The number of anilines is 1. The van der Waals surface area contributed by atoms with Gasteiger partial charge in [0.2, 0.25) is 0 Å². The van der Waals surface area contributed by atoms with Crippen molar-refractivity contribution < 1.29 is 9.90 Å². The lowest BCUT2D eigenvalue weighted by Gasteiger charge is -2.09. The Hall–Kier alpha value is -2.33. The molecule has 1 amide bonds. The summed E-state index contributed by atoms with van der Waals surface area (Å²) in [5.74, 6) is -0.353. The molecule has 4 nitrogen and oxygen atoms in total. The van der Waals surface area contributed by atoms with Crippen LogP contribution in [0.4, 0.5) is 5.69 Å². The molecule has 0 fully saturated rings. The van der Waals surface area contributed by atoms with Crippen molar-refractivity contribution in [2.75, 3.05) is 12.3 Å². The van der Waals surface area contributed by atoms with Gasteiger partial charge in [-0.3, -0.25) is 4.79 Å². The van der Waals surface area contributed by atoms with Gasteiger partial charge in [-0.1, -0.05) is 48.5 Å². The van der Waals surface area contributed by atoms with Gasteiger partial charge in [-0.05, 0) is 24.6 Å². The molecule has 0 bridgehead atoms. The highest BCUT2D eigenvalue weighted by Gasteiger charge is 2.14. The summed E-state index contributed by atoms with van der Waals surface area (Å²) in [6, 6.07) is 18.4. The molecule has 20 heavy (non-hydrogen) atoms. The number of carbonyl (C=O) groups excluding carboxylic acids is 1. The van der Waals surface area contributed by atoms with Gasteiger partial charge in [-0.2, -0.15) is 0 Å². The van der Waals surface area contributed by atoms with Gasteiger partial charge in [0.25, 0.3) is 5.91 Å². The third kappa shape index (κ3) is 5.54. The van der Waals surface area contributed by atoms with E-state index in [1.807, 2.05) is 43.3 Å². The molecule has 4 heteroatoms. The molecule has 4 N–H and O–H groups in total. The highest BCUT2D eigenvalue weighted by Crippen LogP contribution is 2.11. The number of aliphatic hydroxyl groups excluding tert-OH is 1. The minimum absolute atomic E-state index is 0.353. The molecule has 0 heterocycles. The van der Waals surface area contributed by atoms with E-state index in [2.05, 4.69) is 5.32 Å². The molecule has 0 saturated carbocycles. The lowest BCUT2D eigenvalue weighted by atomic mass is 10.1. The Labute approximate surface area is 119 Å². The molecule has 106 valence electrons. The number of aliphatic hydroxyl groups is 1. The number of rotatable bonds is 3. The van der Waals surface area contributed by atoms with Crippen molar-refractivity contribution in [3.8, 4) is 0 Å². The number of para-hydroxylation sites is 1. The minimum Gasteiger partial charge on any atom is -0.399 e. The maximum absolute atomic E-state index is 11.2. The second-order valence-electron chi connectivity index (χ2n) is 4.12. The van der Waals surface area contributed by atoms with Gasteiger partial charge in [-0.15, -0.1) is 0 Å². The van der Waals surface area contributed by atoms with Gasteiger partial charge >= 0.3 is 0 Å². The standard InChI is InChI=1S/C10H13NO2.C6H7N/c1-2-11-10(13)9(12)8-6-4-3-5-7-8;7-6-4-2-1-3-5-6/h3-7,9,12H,2H2,1H3,(H,11,13);1-5H,7H2. The molecular formula is C16H20N2O2. The Bertz CT molecular complexity index is 500. The number of nitrogen functional groups attached to an aromatic ring is 1. The Morgan fingerprint density at radius 2 is 1.60 bits per heavy atom. The molecule has 0 aliphatic rings. The first-order chi connectivity index (χ1) is 9.65. The number of nitrogens with one attached hydrogen (secondary N) is 1. The van der Waals surface area contributed by atoms with E-state index in [4.69, 9.17) is 5.73 Å². The van der Waals surface area contributed by atoms with Gasteiger partial charge in [0.1, 0.15) is 0 Å². The molecule has 0 aromatic heterocycles. The van der Waals surface area contributed by atoms with Crippen molar-refractivity contribution in [1.29, 1.82) is 0 Å². The van der Waals surface area contributed by atoms with Crippen LogP contribution in [-0.4, -0.2) is 17.6 Å². The third-order valence-electron chi connectivity index (χ3n) is 2.51. The summed E-state index contributed by atoms with van der Waals surface area (Å²) in [5, 5.41) is 12.1. The molecule has 0 aliphatic carbocycles. The monoisotopic (exact) mass is 272 g/mol. The fraction of sp³-hybridized carbons (Fsp3) is 0.188. The first kappa shape index (κ1) is 15.7. The molecule has 2 aromatic carbocycles. The molecular weight excluding hydrogens is 252 g/mol. The van der Waals surface area contributed by atoms with Gasteiger partial charge < -0.3 is 16.2 Å². The number of nitrogens with two attached hydrogens (primary N) is 1. The zero-order chi connectivity index (χ0) is 14.8. The van der Waals surface area contributed by atoms with Gasteiger partial charge in [0.05, 0.1) is 0 Å². The van der Waals surface area contributed by atoms with E-state index in [1.165, 1.54) is 0 Å². The lowest BCUT2D eigenvalue weighted by molar-refractivity contribution is -0.129. The van der Waals surface area contributed by atoms with Crippen LogP contribution >= 0.6 is 0 Å². The summed E-state index contributed by atoms with van der Waals surface area (Å²) in [4.78, 5) is 11.2. The van der Waals surface area contributed by atoms with Crippen LogP contribution < -0.4 is 11.1 Å². The van der Waals surface area contributed by atoms with Crippen LogP contribution in [0.1, 0.15) is 18.6 Å². The highest BCUT2D eigenvalue weighted by atomic mass is 16.3. The predicted octanol–water partition coefficient (Wildman–Crippen LogP) is 2.12. The molecule has 2 aromatic rings. The first-order valence-electron chi connectivity index (χ1n) is 6.46. The summed E-state index contributed by atoms with van der Waals surface area (Å²) in [6.07, 6.45) is -1.05. The van der Waals surface area contributed by atoms with E-state index in [0.717, 1.165) is 5.69 Å². The second-order valence-corrected chi connectivity index (χ2v) is 4.12. The van der Waals surface area contributed by atoms with E-state index in [0.29, 0.717) is 12.1 Å². The van der Waals surface area contributed by atoms with E-state index in [9.17, 15) is 9.90 Å². The van der Waals surface area contributed by atoms with Crippen molar-refractivity contribution in [3.63, 3.8) is 0 Å². The highest BCUT2D eigenvalue weighted by molar-refractivity contribution is 5.81. The van der Waals surface area contributed by atoms with Gasteiger partial charge in [0, 0.05) is 12.2 Å². The third-order valence-corrected chi connectivity index (χ3v) is 2.51. The second kappa shape index (κ2) is 8.72. The molecule has 2 rings (SSSR count). The molecule has 0 spiro atoms. The summed E-state index contributed by atoms with van der Waals surface area (Å²) < 4.78 is 0. The fourth-order valence-electron chi connectivity index (χ4n) is 1.51. The SMILES string of the molecule is CCNC(=O)C(O)c1ccccc1.Nc1ccccc1. The summed E-state index contributed by atoms with van der Waals surface area (Å²) in [6.45, 7) is 2.35. The lowest BCUT2D eigenvalue weighted by Crippen LogP contribution is -2.28. The maximum atomic E-state index is 11.2. The van der Waals surface area contributed by atoms with Crippen molar-refractivity contribution in [2.45, 2.75) is 13.0 Å². The molecule has 1 atom stereocenters. The van der Waals surface area contributed by atoms with Crippen LogP contribution in [0.2, 0.25) is 0 Å². The average molecular weight is 272 g/mol. The number of hydrogen-bond donors (Lipinski definition) is 3. The van der Waals surface area contributed by atoms with Crippen LogP contribution in [0, 0.1) is 0 Å². The summed E-state index contributed by atoms with van der Waals surface area (Å²) in [7, 11) is 0. The summed E-state index contributed by atoms with van der Waals surface area (Å²) >= 11 is 0. The Kier molecular flexibility index (Phi) is 6.85. The largest absolute Gasteiger partial charge is 0.399 e. The topological polar surface area (TPSA) is 75.3 Å². The van der Waals surface area contributed by atoms with Gasteiger partial charge in [-0.25, -0.2) is 0 Å². The molecule has 0 saturated heterocycles. The molecule has 0 aliphatic heterocycles. The van der Waals surface area contributed by atoms with Gasteiger partial charge in [0.15, 0.2) is 6.10 Å². The van der Waals surface area contributed by atoms with Crippen LogP contribution in [0.15, 0.2) is 60.7 Å². The smallest absolute Gasteiger partial charge is 0.253 e. The zero-order valence-electron chi connectivity index (χ0n) is 11.5. The molecule has 0 radical (unpaired) electrons. The number of hydrogen-bond acceptors (Lipinski definition) is 3. The van der Waals surface area contributed by atoms with Crippen molar-refractivity contribution in [1.82, 2.24) is 5.32 Å². The normalized spacial score (nSPS) is 10.9. The van der Waals surface area contributed by atoms with E-state index in [-0.39, 0.29) is 5.91 Å². The van der Waals surface area contributed by atoms with Crippen LogP contribution in [0.25, 0.3) is 0 Å². The minimum atomic E-state index is -1.05. The van der Waals surface area contributed by atoms with E-state index >= 15 is 0 Å². The Balaban J connectivity index is 0.000000240. The van der Waals surface area contributed by atoms with Crippen LogP contribution in [0.5, 0.6) is 0 Å². The zero-order valence-corrected chi connectivity index (χ0v) is 11.5. The van der Waals surface area contributed by atoms with Crippen LogP contribution in [-0.2, 0) is 4.79 Å². The maximum Gasteiger partial charge on any atom is 0.253 e. The van der Waals surface area contributed by atoms with E-state index in [1.54, 1.807) is 24.3 Å². The number of likely N-dealkylation sites (N-methyl/N-ethyl adjacent to an activating group) is 1. The number of benzene rings is 2. The fourth-order valence-corrected chi connectivity index (χ4v) is 1.51.